The highest BCUT2D eigenvalue weighted by Crippen LogP contribution is 2.23. The van der Waals surface area contributed by atoms with Gasteiger partial charge in [0, 0.05) is 34.2 Å². The molecule has 0 unspecified atom stereocenters. The van der Waals surface area contributed by atoms with Crippen LogP contribution in [-0.4, -0.2) is 15.9 Å². The Bertz CT molecular complexity index is 1250. The van der Waals surface area contributed by atoms with E-state index in [1.807, 2.05) is 25.1 Å². The number of aromatic nitrogens is 2. The van der Waals surface area contributed by atoms with E-state index in [1.165, 1.54) is 12.1 Å². The molecule has 0 aliphatic rings. The molecule has 2 aromatic heterocycles. The summed E-state index contributed by atoms with van der Waals surface area (Å²) in [6, 6.07) is 11.8. The molecule has 27 heavy (non-hydrogen) atoms. The molecule has 0 saturated carbocycles. The minimum Gasteiger partial charge on any atom is -0.358 e. The van der Waals surface area contributed by atoms with Gasteiger partial charge in [-0.1, -0.05) is 11.6 Å². The Morgan fingerprint density at radius 2 is 1.81 bits per heavy atom. The molecule has 4 aromatic rings. The van der Waals surface area contributed by atoms with E-state index in [4.69, 9.17) is 0 Å². The van der Waals surface area contributed by atoms with Crippen LogP contribution >= 0.6 is 0 Å². The van der Waals surface area contributed by atoms with E-state index >= 15 is 0 Å². The largest absolute Gasteiger partial charge is 0.358 e. The summed E-state index contributed by atoms with van der Waals surface area (Å²) in [5, 5.41) is 4.20. The number of carbonyl (C=O) groups is 1. The second-order valence-corrected chi connectivity index (χ2v) is 6.71. The van der Waals surface area contributed by atoms with Gasteiger partial charge in [-0.2, -0.15) is 0 Å². The number of hydrogen-bond acceptors (Lipinski definition) is 2. The molecule has 0 atom stereocenters. The van der Waals surface area contributed by atoms with E-state index < -0.39 is 5.82 Å². The Labute approximate surface area is 154 Å². The van der Waals surface area contributed by atoms with Gasteiger partial charge >= 0.3 is 0 Å². The molecule has 5 nitrogen and oxygen atoms in total. The number of pyridine rings is 1. The van der Waals surface area contributed by atoms with Gasteiger partial charge in [-0.3, -0.25) is 9.59 Å². The summed E-state index contributed by atoms with van der Waals surface area (Å²) < 4.78 is 13.6. The fourth-order valence-corrected chi connectivity index (χ4v) is 3.36. The molecule has 0 fully saturated rings. The van der Waals surface area contributed by atoms with Crippen molar-refractivity contribution in [2.45, 2.75) is 20.4 Å². The topological polar surface area (TPSA) is 77.8 Å². The molecule has 0 aliphatic carbocycles. The molecule has 0 saturated heterocycles. The van der Waals surface area contributed by atoms with E-state index in [0.717, 1.165) is 16.5 Å². The Morgan fingerprint density at radius 3 is 2.63 bits per heavy atom. The molecular formula is C21H18FN3O2. The summed E-state index contributed by atoms with van der Waals surface area (Å²) in [7, 11) is 0. The average molecular weight is 363 g/mol. The summed E-state index contributed by atoms with van der Waals surface area (Å²) in [4.78, 5) is 30.9. The van der Waals surface area contributed by atoms with Crippen molar-refractivity contribution in [1.82, 2.24) is 15.3 Å². The smallest absolute Gasteiger partial charge is 0.253 e. The summed E-state index contributed by atoms with van der Waals surface area (Å²) in [6.07, 6.45) is 0. The third-order valence-corrected chi connectivity index (χ3v) is 4.69. The monoisotopic (exact) mass is 363 g/mol. The van der Waals surface area contributed by atoms with E-state index in [9.17, 15) is 14.0 Å². The number of amides is 1. The standard InChI is InChI=1S/C21H18FN3O2/c1-11-3-5-17-13(7-11)8-14(20(26)25-17)10-23-21(27)19-12(2)24-18-6-4-15(22)9-16(18)19/h3-9,24H,10H2,1-2H3,(H,23,27)(H,25,26). The molecule has 1 amide bonds. The van der Waals surface area contributed by atoms with Crippen LogP contribution in [0.5, 0.6) is 0 Å². The lowest BCUT2D eigenvalue weighted by molar-refractivity contribution is 0.0952. The molecule has 6 heteroatoms. The Morgan fingerprint density at radius 1 is 1.04 bits per heavy atom. The zero-order valence-corrected chi connectivity index (χ0v) is 14.9. The second-order valence-electron chi connectivity index (χ2n) is 6.71. The van der Waals surface area contributed by atoms with Crippen LogP contribution < -0.4 is 10.9 Å². The maximum absolute atomic E-state index is 13.6. The van der Waals surface area contributed by atoms with Crippen LogP contribution in [0.3, 0.4) is 0 Å². The molecule has 2 heterocycles. The molecule has 0 aliphatic heterocycles. The van der Waals surface area contributed by atoms with Crippen LogP contribution in [0.4, 0.5) is 4.39 Å². The van der Waals surface area contributed by atoms with Gasteiger partial charge in [-0.15, -0.1) is 0 Å². The minimum atomic E-state index is -0.406. The first-order valence-corrected chi connectivity index (χ1v) is 8.61. The number of fused-ring (bicyclic) bond motifs is 2. The number of H-pyrrole nitrogens is 2. The second kappa shape index (κ2) is 6.39. The van der Waals surface area contributed by atoms with Crippen molar-refractivity contribution in [3.8, 4) is 0 Å². The van der Waals surface area contributed by atoms with Gasteiger partial charge in [0.15, 0.2) is 0 Å². The summed E-state index contributed by atoms with van der Waals surface area (Å²) >= 11 is 0. The maximum atomic E-state index is 13.6. The molecule has 0 spiro atoms. The van der Waals surface area contributed by atoms with Crippen LogP contribution in [0.2, 0.25) is 0 Å². The third kappa shape index (κ3) is 3.10. The van der Waals surface area contributed by atoms with E-state index in [1.54, 1.807) is 19.1 Å². The van der Waals surface area contributed by atoms with Crippen LogP contribution in [0.15, 0.2) is 47.3 Å². The lowest BCUT2D eigenvalue weighted by Gasteiger charge is -2.07. The molecule has 136 valence electrons. The van der Waals surface area contributed by atoms with Gasteiger partial charge in [0.25, 0.3) is 11.5 Å². The number of aryl methyl sites for hydroxylation is 2. The molecular weight excluding hydrogens is 345 g/mol. The normalized spacial score (nSPS) is 11.2. The van der Waals surface area contributed by atoms with Gasteiger partial charge in [-0.25, -0.2) is 4.39 Å². The van der Waals surface area contributed by atoms with Crippen molar-refractivity contribution >= 4 is 27.7 Å². The van der Waals surface area contributed by atoms with E-state index in [2.05, 4.69) is 15.3 Å². The zero-order chi connectivity index (χ0) is 19.1. The van der Waals surface area contributed by atoms with Crippen molar-refractivity contribution < 1.29 is 9.18 Å². The quantitative estimate of drug-likeness (QED) is 0.519. The first-order valence-electron chi connectivity index (χ1n) is 8.61. The summed E-state index contributed by atoms with van der Waals surface area (Å²) in [5.74, 6) is -0.759. The third-order valence-electron chi connectivity index (χ3n) is 4.69. The van der Waals surface area contributed by atoms with Crippen LogP contribution in [0, 0.1) is 19.7 Å². The van der Waals surface area contributed by atoms with Gasteiger partial charge in [0.1, 0.15) is 5.82 Å². The zero-order valence-electron chi connectivity index (χ0n) is 14.9. The average Bonchev–Trinajstić information content (AvgIpc) is 2.95. The number of nitrogens with one attached hydrogen (secondary N) is 3. The van der Waals surface area contributed by atoms with Crippen molar-refractivity contribution in [3.63, 3.8) is 0 Å². The van der Waals surface area contributed by atoms with Gasteiger partial charge in [0.2, 0.25) is 0 Å². The van der Waals surface area contributed by atoms with E-state index in [-0.39, 0.29) is 18.0 Å². The van der Waals surface area contributed by atoms with Gasteiger partial charge in [-0.05, 0) is 55.6 Å². The Kier molecular flexibility index (Phi) is 4.03. The fourth-order valence-electron chi connectivity index (χ4n) is 3.36. The maximum Gasteiger partial charge on any atom is 0.253 e. The predicted molar refractivity (Wildman–Crippen MR) is 103 cm³/mol. The highest BCUT2D eigenvalue weighted by atomic mass is 19.1. The number of carbonyl (C=O) groups excluding carboxylic acids is 1. The lowest BCUT2D eigenvalue weighted by Crippen LogP contribution is -2.27. The Hall–Kier alpha value is -3.41. The van der Waals surface area contributed by atoms with Crippen LogP contribution in [-0.2, 0) is 6.54 Å². The highest BCUT2D eigenvalue weighted by Gasteiger charge is 2.17. The molecule has 2 aromatic carbocycles. The van der Waals surface area contributed by atoms with Crippen LogP contribution in [0.1, 0.15) is 27.2 Å². The van der Waals surface area contributed by atoms with Crippen molar-refractivity contribution in [2.75, 3.05) is 0 Å². The first-order chi connectivity index (χ1) is 12.9. The number of benzene rings is 2. The van der Waals surface area contributed by atoms with Crippen LogP contribution in [0.25, 0.3) is 21.8 Å². The molecule has 0 radical (unpaired) electrons. The highest BCUT2D eigenvalue weighted by molar-refractivity contribution is 6.08. The van der Waals surface area contributed by atoms with Gasteiger partial charge < -0.3 is 15.3 Å². The Balaban J connectivity index is 1.64. The lowest BCUT2D eigenvalue weighted by atomic mass is 10.1. The molecule has 3 N–H and O–H groups in total. The molecule has 4 rings (SSSR count). The van der Waals surface area contributed by atoms with Crippen molar-refractivity contribution in [2.24, 2.45) is 0 Å². The van der Waals surface area contributed by atoms with Crippen molar-refractivity contribution in [1.29, 1.82) is 0 Å². The minimum absolute atomic E-state index is 0.0828. The van der Waals surface area contributed by atoms with Crippen molar-refractivity contribution in [3.05, 3.63) is 81.0 Å². The van der Waals surface area contributed by atoms with E-state index in [0.29, 0.717) is 27.7 Å². The summed E-state index contributed by atoms with van der Waals surface area (Å²) in [5.41, 5.74) is 3.79. The number of hydrogen-bond donors (Lipinski definition) is 3. The first kappa shape index (κ1) is 17.0. The fraction of sp³-hybridized carbons (Fsp3) is 0.143. The molecule has 0 bridgehead atoms. The summed E-state index contributed by atoms with van der Waals surface area (Å²) in [6.45, 7) is 3.82. The van der Waals surface area contributed by atoms with Gasteiger partial charge in [0.05, 0.1) is 5.56 Å². The predicted octanol–water partition coefficient (Wildman–Crippen LogP) is 3.70. The number of halogens is 1. The number of aromatic amines is 2. The SMILES string of the molecule is Cc1ccc2[nH]c(=O)c(CNC(=O)c3c(C)[nH]c4ccc(F)cc34)cc2c1. The number of rotatable bonds is 3.